The third-order valence-electron chi connectivity index (χ3n) is 4.69. The van der Waals surface area contributed by atoms with Gasteiger partial charge in [-0.15, -0.1) is 0 Å². The SMILES string of the molecule is CCc1nn(CC(=O)N[C@H]2CC[C@H](O)CC2)c(=O)c2ccc(Br)cc12. The highest BCUT2D eigenvalue weighted by atomic mass is 79.9. The minimum absolute atomic E-state index is 0.0636. The molecule has 0 unspecified atom stereocenters. The molecule has 0 aliphatic heterocycles. The maximum atomic E-state index is 12.7. The molecule has 1 aromatic carbocycles. The molecule has 134 valence electrons. The first-order chi connectivity index (χ1) is 12.0. The predicted octanol–water partition coefficient (Wildman–Crippen LogP) is 2.14. The molecule has 2 aromatic rings. The summed E-state index contributed by atoms with van der Waals surface area (Å²) in [5.74, 6) is -0.213. The summed E-state index contributed by atoms with van der Waals surface area (Å²) in [6.45, 7) is 1.89. The number of nitrogens with one attached hydrogen (secondary N) is 1. The molecule has 1 aromatic heterocycles. The van der Waals surface area contributed by atoms with Crippen LogP contribution < -0.4 is 10.9 Å². The summed E-state index contributed by atoms with van der Waals surface area (Å²) in [6.07, 6.45) is 3.35. The Labute approximate surface area is 154 Å². The number of aliphatic hydroxyl groups excluding tert-OH is 1. The molecule has 6 nitrogen and oxygen atoms in total. The van der Waals surface area contributed by atoms with Crippen molar-refractivity contribution in [3.8, 4) is 0 Å². The molecule has 2 N–H and O–H groups in total. The smallest absolute Gasteiger partial charge is 0.275 e. The van der Waals surface area contributed by atoms with Gasteiger partial charge in [0.05, 0.1) is 17.2 Å². The maximum absolute atomic E-state index is 12.7. The van der Waals surface area contributed by atoms with E-state index < -0.39 is 0 Å². The van der Waals surface area contributed by atoms with Crippen molar-refractivity contribution < 1.29 is 9.90 Å². The lowest BCUT2D eigenvalue weighted by Gasteiger charge is -2.26. The van der Waals surface area contributed by atoms with Crippen LogP contribution in [0, 0.1) is 0 Å². The summed E-state index contributed by atoms with van der Waals surface area (Å²) >= 11 is 3.42. The Morgan fingerprint density at radius 3 is 2.72 bits per heavy atom. The quantitative estimate of drug-likeness (QED) is 0.812. The fraction of sp³-hybridized carbons (Fsp3) is 0.500. The van der Waals surface area contributed by atoms with Gasteiger partial charge in [-0.1, -0.05) is 22.9 Å². The van der Waals surface area contributed by atoms with Gasteiger partial charge in [0.1, 0.15) is 6.54 Å². The summed E-state index contributed by atoms with van der Waals surface area (Å²) in [5.41, 5.74) is 0.540. The molecular formula is C18H22BrN3O3. The summed E-state index contributed by atoms with van der Waals surface area (Å²) in [7, 11) is 0. The highest BCUT2D eigenvalue weighted by Crippen LogP contribution is 2.20. The Morgan fingerprint density at radius 2 is 2.04 bits per heavy atom. The first-order valence-corrected chi connectivity index (χ1v) is 9.44. The molecule has 0 spiro atoms. The third-order valence-corrected chi connectivity index (χ3v) is 5.18. The van der Waals surface area contributed by atoms with Crippen LogP contribution in [0.3, 0.4) is 0 Å². The highest BCUT2D eigenvalue weighted by molar-refractivity contribution is 9.10. The number of hydrogen-bond acceptors (Lipinski definition) is 4. The van der Waals surface area contributed by atoms with Crippen molar-refractivity contribution in [2.75, 3.05) is 0 Å². The first-order valence-electron chi connectivity index (χ1n) is 8.64. The Balaban J connectivity index is 1.81. The lowest BCUT2D eigenvalue weighted by molar-refractivity contribution is -0.123. The standard InChI is InChI=1S/C18H22BrN3O3/c1-2-16-15-9-11(19)3-8-14(15)18(25)22(21-16)10-17(24)20-12-4-6-13(23)7-5-12/h3,8-9,12-13,23H,2,4-7,10H2,1H3,(H,20,24)/t12-,13-. The Hall–Kier alpha value is -1.73. The number of rotatable bonds is 4. The van der Waals surface area contributed by atoms with E-state index in [1.165, 1.54) is 4.68 Å². The van der Waals surface area contributed by atoms with E-state index in [0.717, 1.165) is 28.4 Å². The maximum Gasteiger partial charge on any atom is 0.275 e. The third kappa shape index (κ3) is 4.10. The molecule has 1 aliphatic rings. The lowest BCUT2D eigenvalue weighted by Crippen LogP contribution is -2.42. The zero-order valence-corrected chi connectivity index (χ0v) is 15.8. The summed E-state index contributed by atoms with van der Waals surface area (Å²) < 4.78 is 2.15. The highest BCUT2D eigenvalue weighted by Gasteiger charge is 2.21. The number of aliphatic hydroxyl groups is 1. The summed E-state index contributed by atoms with van der Waals surface area (Å²) in [5, 5.41) is 18.3. The van der Waals surface area contributed by atoms with E-state index in [1.54, 1.807) is 6.07 Å². The van der Waals surface area contributed by atoms with Crippen LogP contribution in [0.4, 0.5) is 0 Å². The van der Waals surface area contributed by atoms with E-state index in [0.29, 0.717) is 24.6 Å². The second-order valence-corrected chi connectivity index (χ2v) is 7.44. The van der Waals surface area contributed by atoms with Crippen molar-refractivity contribution in [3.63, 3.8) is 0 Å². The molecule has 0 radical (unpaired) electrons. The van der Waals surface area contributed by atoms with E-state index in [4.69, 9.17) is 0 Å². The van der Waals surface area contributed by atoms with Gasteiger partial charge in [0.2, 0.25) is 5.91 Å². The predicted molar refractivity (Wildman–Crippen MR) is 99.5 cm³/mol. The Morgan fingerprint density at radius 1 is 1.32 bits per heavy atom. The van der Waals surface area contributed by atoms with E-state index in [-0.39, 0.29) is 30.2 Å². The molecule has 1 amide bonds. The van der Waals surface area contributed by atoms with Crippen LogP contribution in [-0.2, 0) is 17.8 Å². The van der Waals surface area contributed by atoms with Gasteiger partial charge in [-0.05, 0) is 50.3 Å². The zero-order chi connectivity index (χ0) is 18.0. The number of aryl methyl sites for hydroxylation is 1. The van der Waals surface area contributed by atoms with Crippen LogP contribution in [0.25, 0.3) is 10.8 Å². The Kier molecular flexibility index (Phi) is 5.54. The van der Waals surface area contributed by atoms with Gasteiger partial charge in [-0.2, -0.15) is 5.10 Å². The van der Waals surface area contributed by atoms with Crippen LogP contribution >= 0.6 is 15.9 Å². The first kappa shape index (κ1) is 18.1. The molecule has 0 saturated heterocycles. The fourth-order valence-electron chi connectivity index (χ4n) is 3.32. The van der Waals surface area contributed by atoms with Crippen LogP contribution in [0.15, 0.2) is 27.5 Å². The number of amides is 1. The van der Waals surface area contributed by atoms with Crippen molar-refractivity contribution in [3.05, 3.63) is 38.7 Å². The van der Waals surface area contributed by atoms with E-state index in [1.807, 2.05) is 19.1 Å². The normalized spacial score (nSPS) is 20.6. The van der Waals surface area contributed by atoms with Gasteiger partial charge in [0.15, 0.2) is 0 Å². The molecule has 3 rings (SSSR count). The number of halogens is 1. The van der Waals surface area contributed by atoms with Gasteiger partial charge >= 0.3 is 0 Å². The van der Waals surface area contributed by atoms with Crippen LogP contribution in [0.5, 0.6) is 0 Å². The minimum atomic E-state index is -0.260. The molecule has 7 heteroatoms. The molecule has 0 atom stereocenters. The monoisotopic (exact) mass is 407 g/mol. The van der Waals surface area contributed by atoms with E-state index in [9.17, 15) is 14.7 Å². The van der Waals surface area contributed by atoms with Crippen molar-refractivity contribution in [1.29, 1.82) is 0 Å². The summed E-state index contributed by atoms with van der Waals surface area (Å²) in [4.78, 5) is 25.0. The van der Waals surface area contributed by atoms with Crippen LogP contribution in [0.1, 0.15) is 38.3 Å². The average Bonchev–Trinajstić information content (AvgIpc) is 2.59. The second-order valence-electron chi connectivity index (χ2n) is 6.53. The van der Waals surface area contributed by atoms with Crippen molar-refractivity contribution >= 4 is 32.6 Å². The zero-order valence-electron chi connectivity index (χ0n) is 14.2. The number of aromatic nitrogens is 2. The van der Waals surface area contributed by atoms with Gasteiger partial charge in [0.25, 0.3) is 5.56 Å². The van der Waals surface area contributed by atoms with Gasteiger partial charge in [-0.25, -0.2) is 4.68 Å². The second kappa shape index (κ2) is 7.66. The van der Waals surface area contributed by atoms with Gasteiger partial charge < -0.3 is 10.4 Å². The summed E-state index contributed by atoms with van der Waals surface area (Å²) in [6, 6.07) is 5.54. The number of carbonyl (C=O) groups excluding carboxylic acids is 1. The molecule has 1 fully saturated rings. The molecule has 1 saturated carbocycles. The number of benzene rings is 1. The van der Waals surface area contributed by atoms with Crippen molar-refractivity contribution in [2.24, 2.45) is 0 Å². The Bertz CT molecular complexity index is 841. The molecule has 25 heavy (non-hydrogen) atoms. The number of hydrogen-bond donors (Lipinski definition) is 2. The van der Waals surface area contributed by atoms with Crippen LogP contribution in [-0.4, -0.2) is 32.9 Å². The van der Waals surface area contributed by atoms with Crippen molar-refractivity contribution in [2.45, 2.75) is 57.7 Å². The number of nitrogens with zero attached hydrogens (tertiary/aromatic N) is 2. The topological polar surface area (TPSA) is 84.2 Å². The average molecular weight is 408 g/mol. The van der Waals surface area contributed by atoms with Crippen LogP contribution in [0.2, 0.25) is 0 Å². The molecule has 0 bridgehead atoms. The van der Waals surface area contributed by atoms with E-state index >= 15 is 0 Å². The number of fused-ring (bicyclic) bond motifs is 1. The molecular weight excluding hydrogens is 386 g/mol. The van der Waals surface area contributed by atoms with Gasteiger partial charge in [-0.3, -0.25) is 9.59 Å². The van der Waals surface area contributed by atoms with Gasteiger partial charge in [0, 0.05) is 15.9 Å². The minimum Gasteiger partial charge on any atom is -0.393 e. The van der Waals surface area contributed by atoms with E-state index in [2.05, 4.69) is 26.3 Å². The lowest BCUT2D eigenvalue weighted by atomic mass is 9.93. The molecule has 1 aliphatic carbocycles. The number of carbonyl (C=O) groups is 1. The van der Waals surface area contributed by atoms with Crippen molar-refractivity contribution in [1.82, 2.24) is 15.1 Å². The largest absolute Gasteiger partial charge is 0.393 e. The fourth-order valence-corrected chi connectivity index (χ4v) is 3.68. The molecule has 1 heterocycles.